The Hall–Kier alpha value is -1.06. The number of rotatable bonds is 4. The van der Waals surface area contributed by atoms with Crippen molar-refractivity contribution in [3.8, 4) is 0 Å². The fourth-order valence-corrected chi connectivity index (χ4v) is 2.08. The normalized spacial score (nSPS) is 24.2. The molecule has 3 unspecified atom stereocenters. The van der Waals surface area contributed by atoms with Gasteiger partial charge in [-0.1, -0.05) is 27.2 Å². The predicted molar refractivity (Wildman–Crippen MR) is 60.9 cm³/mol. The molecule has 16 heavy (non-hydrogen) atoms. The molecule has 4 heteroatoms. The van der Waals surface area contributed by atoms with Gasteiger partial charge < -0.3 is 10.0 Å². The molecule has 0 aromatic rings. The lowest BCUT2D eigenvalue weighted by molar-refractivity contribution is -0.148. The van der Waals surface area contributed by atoms with Gasteiger partial charge in [-0.2, -0.15) is 0 Å². The maximum absolute atomic E-state index is 12.0. The minimum absolute atomic E-state index is 0.00847. The largest absolute Gasteiger partial charge is 0.481 e. The highest BCUT2D eigenvalue weighted by atomic mass is 16.4. The van der Waals surface area contributed by atoms with Gasteiger partial charge in [-0.05, 0) is 12.3 Å². The van der Waals surface area contributed by atoms with Crippen molar-refractivity contribution in [2.45, 2.75) is 33.6 Å². The van der Waals surface area contributed by atoms with Crippen LogP contribution in [-0.2, 0) is 9.59 Å². The molecule has 0 aromatic heterocycles. The first kappa shape index (κ1) is 13.0. The zero-order valence-corrected chi connectivity index (χ0v) is 10.3. The van der Waals surface area contributed by atoms with Crippen LogP contribution in [0.3, 0.4) is 0 Å². The SMILES string of the molecule is CCC1CCN(C(=O)C(C)C(C)C(=O)O)C1. The summed E-state index contributed by atoms with van der Waals surface area (Å²) in [4.78, 5) is 24.6. The van der Waals surface area contributed by atoms with Crippen LogP contribution in [-0.4, -0.2) is 35.0 Å². The van der Waals surface area contributed by atoms with E-state index >= 15 is 0 Å². The van der Waals surface area contributed by atoms with Crippen molar-refractivity contribution in [1.82, 2.24) is 4.90 Å². The lowest BCUT2D eigenvalue weighted by Crippen LogP contribution is -2.37. The monoisotopic (exact) mass is 227 g/mol. The van der Waals surface area contributed by atoms with Crippen molar-refractivity contribution >= 4 is 11.9 Å². The number of nitrogens with zero attached hydrogens (tertiary/aromatic N) is 1. The van der Waals surface area contributed by atoms with Gasteiger partial charge in [-0.3, -0.25) is 9.59 Å². The molecule has 0 radical (unpaired) electrons. The van der Waals surface area contributed by atoms with Crippen LogP contribution in [0.1, 0.15) is 33.6 Å². The summed E-state index contributed by atoms with van der Waals surface area (Å²) in [5.41, 5.74) is 0. The summed E-state index contributed by atoms with van der Waals surface area (Å²) < 4.78 is 0. The smallest absolute Gasteiger partial charge is 0.307 e. The van der Waals surface area contributed by atoms with E-state index in [-0.39, 0.29) is 5.91 Å². The lowest BCUT2D eigenvalue weighted by Gasteiger charge is -2.23. The molecule has 0 bridgehead atoms. The summed E-state index contributed by atoms with van der Waals surface area (Å²) in [7, 11) is 0. The van der Waals surface area contributed by atoms with E-state index in [9.17, 15) is 9.59 Å². The Balaban J connectivity index is 2.55. The molecule has 0 aromatic carbocycles. The summed E-state index contributed by atoms with van der Waals surface area (Å²) in [6.07, 6.45) is 2.14. The Kier molecular flexibility index (Phi) is 4.33. The maximum Gasteiger partial charge on any atom is 0.307 e. The number of carbonyl (C=O) groups excluding carboxylic acids is 1. The van der Waals surface area contributed by atoms with Crippen LogP contribution in [0.5, 0.6) is 0 Å². The molecule has 4 nitrogen and oxygen atoms in total. The summed E-state index contributed by atoms with van der Waals surface area (Å²) in [5, 5.41) is 8.87. The maximum atomic E-state index is 12.0. The molecule has 1 aliphatic rings. The van der Waals surface area contributed by atoms with Gasteiger partial charge in [-0.15, -0.1) is 0 Å². The van der Waals surface area contributed by atoms with Crippen LogP contribution in [0.15, 0.2) is 0 Å². The van der Waals surface area contributed by atoms with E-state index in [0.717, 1.165) is 25.9 Å². The molecule has 0 aliphatic carbocycles. The molecule has 1 amide bonds. The Morgan fingerprint density at radius 2 is 2.00 bits per heavy atom. The highest BCUT2D eigenvalue weighted by molar-refractivity contribution is 5.84. The average Bonchev–Trinajstić information content (AvgIpc) is 2.74. The van der Waals surface area contributed by atoms with Gasteiger partial charge in [0.2, 0.25) is 5.91 Å². The molecule has 1 N–H and O–H groups in total. The molecule has 1 rings (SSSR count). The highest BCUT2D eigenvalue weighted by Gasteiger charge is 2.32. The van der Waals surface area contributed by atoms with Crippen molar-refractivity contribution in [1.29, 1.82) is 0 Å². The predicted octanol–water partition coefficient (Wildman–Crippen LogP) is 1.60. The number of amides is 1. The fraction of sp³-hybridized carbons (Fsp3) is 0.833. The van der Waals surface area contributed by atoms with E-state index in [1.165, 1.54) is 0 Å². The number of carboxylic acid groups (broad SMARTS) is 1. The molecule has 1 saturated heterocycles. The van der Waals surface area contributed by atoms with Crippen molar-refractivity contribution < 1.29 is 14.7 Å². The van der Waals surface area contributed by atoms with Crippen LogP contribution in [0.2, 0.25) is 0 Å². The lowest BCUT2D eigenvalue weighted by atomic mass is 9.95. The van der Waals surface area contributed by atoms with E-state index in [1.807, 2.05) is 4.90 Å². The number of likely N-dealkylation sites (tertiary alicyclic amines) is 1. The standard InChI is InChI=1S/C12H21NO3/c1-4-10-5-6-13(7-10)11(14)8(2)9(3)12(15)16/h8-10H,4-7H2,1-3H3,(H,15,16). The minimum Gasteiger partial charge on any atom is -0.481 e. The van der Waals surface area contributed by atoms with Gasteiger partial charge in [0.05, 0.1) is 5.92 Å². The highest BCUT2D eigenvalue weighted by Crippen LogP contribution is 2.23. The first-order valence-electron chi connectivity index (χ1n) is 5.99. The first-order chi connectivity index (χ1) is 7.47. The van der Waals surface area contributed by atoms with Crippen molar-refractivity contribution in [2.24, 2.45) is 17.8 Å². The number of carbonyl (C=O) groups is 2. The topological polar surface area (TPSA) is 57.6 Å². The number of aliphatic carboxylic acids is 1. The van der Waals surface area contributed by atoms with Gasteiger partial charge in [0.25, 0.3) is 0 Å². The third-order valence-corrected chi connectivity index (χ3v) is 3.70. The Bertz CT molecular complexity index is 277. The Morgan fingerprint density at radius 3 is 2.44 bits per heavy atom. The Labute approximate surface area is 96.6 Å². The molecule has 92 valence electrons. The van der Waals surface area contributed by atoms with Crippen molar-refractivity contribution in [3.05, 3.63) is 0 Å². The quantitative estimate of drug-likeness (QED) is 0.793. The third-order valence-electron chi connectivity index (χ3n) is 3.70. The summed E-state index contributed by atoms with van der Waals surface area (Å²) in [5.74, 6) is -1.34. The van der Waals surface area contributed by atoms with Gasteiger partial charge >= 0.3 is 5.97 Å². The molecule has 1 heterocycles. The Morgan fingerprint density at radius 1 is 1.38 bits per heavy atom. The van der Waals surface area contributed by atoms with E-state index in [4.69, 9.17) is 5.11 Å². The summed E-state index contributed by atoms with van der Waals surface area (Å²) >= 11 is 0. The summed E-state index contributed by atoms with van der Waals surface area (Å²) in [6, 6.07) is 0. The van der Waals surface area contributed by atoms with Gasteiger partial charge in [0, 0.05) is 19.0 Å². The molecule has 1 aliphatic heterocycles. The molecule has 3 atom stereocenters. The second-order valence-electron chi connectivity index (χ2n) is 4.76. The zero-order valence-electron chi connectivity index (χ0n) is 10.3. The van der Waals surface area contributed by atoms with Crippen LogP contribution in [0.25, 0.3) is 0 Å². The van der Waals surface area contributed by atoms with Gasteiger partial charge in [0.15, 0.2) is 0 Å². The third kappa shape index (κ3) is 2.74. The first-order valence-corrected chi connectivity index (χ1v) is 5.99. The molecular weight excluding hydrogens is 206 g/mol. The number of carboxylic acids is 1. The van der Waals surface area contributed by atoms with Gasteiger partial charge in [0.1, 0.15) is 0 Å². The fourth-order valence-electron chi connectivity index (χ4n) is 2.08. The van der Waals surface area contributed by atoms with Crippen LogP contribution in [0, 0.1) is 17.8 Å². The van der Waals surface area contributed by atoms with Crippen molar-refractivity contribution in [2.75, 3.05) is 13.1 Å². The number of hydrogen-bond donors (Lipinski definition) is 1. The summed E-state index contributed by atoms with van der Waals surface area (Å²) in [6.45, 7) is 7.01. The molecule has 0 saturated carbocycles. The van der Waals surface area contributed by atoms with E-state index < -0.39 is 17.8 Å². The van der Waals surface area contributed by atoms with Crippen LogP contribution < -0.4 is 0 Å². The molecule has 1 fully saturated rings. The second kappa shape index (κ2) is 5.32. The van der Waals surface area contributed by atoms with E-state index in [0.29, 0.717) is 5.92 Å². The zero-order chi connectivity index (χ0) is 12.3. The van der Waals surface area contributed by atoms with Gasteiger partial charge in [-0.25, -0.2) is 0 Å². The number of hydrogen-bond acceptors (Lipinski definition) is 2. The second-order valence-corrected chi connectivity index (χ2v) is 4.76. The van der Waals surface area contributed by atoms with Crippen LogP contribution >= 0.6 is 0 Å². The average molecular weight is 227 g/mol. The minimum atomic E-state index is -0.896. The van der Waals surface area contributed by atoms with Crippen LogP contribution in [0.4, 0.5) is 0 Å². The van der Waals surface area contributed by atoms with E-state index in [1.54, 1.807) is 13.8 Å². The van der Waals surface area contributed by atoms with E-state index in [2.05, 4.69) is 6.92 Å². The molecular formula is C12H21NO3. The van der Waals surface area contributed by atoms with Crippen molar-refractivity contribution in [3.63, 3.8) is 0 Å². The molecule has 0 spiro atoms.